The fourth-order valence-corrected chi connectivity index (χ4v) is 5.58. The Kier molecular flexibility index (Phi) is 7.29. The fourth-order valence-electron chi connectivity index (χ4n) is 3.68. The minimum atomic E-state index is -3.81. The van der Waals surface area contributed by atoms with Crippen LogP contribution in [0.2, 0.25) is 5.02 Å². The zero-order valence-electron chi connectivity index (χ0n) is 18.3. The molecule has 0 bridgehead atoms. The van der Waals surface area contributed by atoms with Gasteiger partial charge in [-0.25, -0.2) is 8.42 Å². The maximum absolute atomic E-state index is 13.4. The molecule has 1 N–H and O–H groups in total. The lowest BCUT2D eigenvalue weighted by molar-refractivity contribution is -0.120. The van der Waals surface area contributed by atoms with Gasteiger partial charge >= 0.3 is 0 Å². The molecule has 31 heavy (non-hydrogen) atoms. The van der Waals surface area contributed by atoms with Crippen molar-refractivity contribution >= 4 is 33.2 Å². The first kappa shape index (κ1) is 23.6. The van der Waals surface area contributed by atoms with E-state index in [0.29, 0.717) is 35.8 Å². The number of methoxy groups -OCH3 is 1. The van der Waals surface area contributed by atoms with Gasteiger partial charge in [-0.05, 0) is 61.1 Å². The van der Waals surface area contributed by atoms with E-state index in [1.807, 2.05) is 32.9 Å². The lowest BCUT2D eigenvalue weighted by atomic mass is 9.98. The second-order valence-corrected chi connectivity index (χ2v) is 10.5. The summed E-state index contributed by atoms with van der Waals surface area (Å²) in [5.74, 6) is -0.156. The van der Waals surface area contributed by atoms with E-state index in [1.165, 1.54) is 11.4 Å². The molecular formula is C23H29ClN2O4S. The number of halogens is 1. The van der Waals surface area contributed by atoms with Gasteiger partial charge in [0.1, 0.15) is 10.6 Å². The number of benzene rings is 2. The van der Waals surface area contributed by atoms with E-state index in [9.17, 15) is 13.2 Å². The van der Waals surface area contributed by atoms with Crippen molar-refractivity contribution < 1.29 is 17.9 Å². The molecule has 3 rings (SSSR count). The molecule has 6 nitrogen and oxygen atoms in total. The molecule has 1 heterocycles. The van der Waals surface area contributed by atoms with E-state index in [-0.39, 0.29) is 23.3 Å². The predicted molar refractivity (Wildman–Crippen MR) is 123 cm³/mol. The van der Waals surface area contributed by atoms with Gasteiger partial charge in [-0.15, -0.1) is 0 Å². The first-order valence-electron chi connectivity index (χ1n) is 10.4. The van der Waals surface area contributed by atoms with Crippen LogP contribution in [0.4, 0.5) is 5.69 Å². The van der Waals surface area contributed by atoms with E-state index in [2.05, 4.69) is 5.32 Å². The second kappa shape index (κ2) is 9.59. The van der Waals surface area contributed by atoms with E-state index in [1.54, 1.807) is 24.3 Å². The standard InChI is InChI=1S/C23H29ClN2O4S/c1-15(2)17-8-10-21(30-4)22(12-17)31(28,29)26-11-5-6-18(14-26)23(27)25-19-9-7-16(3)20(24)13-19/h7-10,12-13,15,18H,5-6,11,14H2,1-4H3,(H,25,27)/t18-/m1/s1. The second-order valence-electron chi connectivity index (χ2n) is 8.22. The summed E-state index contributed by atoms with van der Waals surface area (Å²) in [6, 6.07) is 10.6. The highest BCUT2D eigenvalue weighted by atomic mass is 35.5. The van der Waals surface area contributed by atoms with Crippen LogP contribution in [0.25, 0.3) is 0 Å². The quantitative estimate of drug-likeness (QED) is 0.664. The SMILES string of the molecule is COc1ccc(C(C)C)cc1S(=O)(=O)N1CCC[C@@H](C(=O)Nc2ccc(C)c(Cl)c2)C1. The van der Waals surface area contributed by atoms with E-state index < -0.39 is 15.9 Å². The third-order valence-electron chi connectivity index (χ3n) is 5.67. The molecule has 168 valence electrons. The third kappa shape index (κ3) is 5.22. The molecule has 0 radical (unpaired) electrons. The van der Waals surface area contributed by atoms with Gasteiger partial charge in [0.2, 0.25) is 15.9 Å². The molecule has 1 atom stereocenters. The normalized spacial score (nSPS) is 17.5. The topological polar surface area (TPSA) is 75.7 Å². The number of hydrogen-bond donors (Lipinski definition) is 1. The van der Waals surface area contributed by atoms with E-state index >= 15 is 0 Å². The average molecular weight is 465 g/mol. The van der Waals surface area contributed by atoms with Gasteiger partial charge in [0.15, 0.2) is 0 Å². The Morgan fingerprint density at radius 3 is 2.61 bits per heavy atom. The molecule has 0 aliphatic carbocycles. The number of nitrogens with zero attached hydrogens (tertiary/aromatic N) is 1. The monoisotopic (exact) mass is 464 g/mol. The minimum absolute atomic E-state index is 0.128. The number of hydrogen-bond acceptors (Lipinski definition) is 4. The smallest absolute Gasteiger partial charge is 0.246 e. The van der Waals surface area contributed by atoms with Crippen molar-refractivity contribution in [3.63, 3.8) is 0 Å². The Labute approximate surface area is 189 Å². The van der Waals surface area contributed by atoms with Gasteiger partial charge in [0.25, 0.3) is 0 Å². The number of carbonyl (C=O) groups excluding carboxylic acids is 1. The summed E-state index contributed by atoms with van der Waals surface area (Å²) in [6.45, 7) is 6.41. The first-order valence-corrected chi connectivity index (χ1v) is 12.2. The van der Waals surface area contributed by atoms with Crippen LogP contribution in [0.3, 0.4) is 0 Å². The molecule has 1 aliphatic rings. The average Bonchev–Trinajstić information content (AvgIpc) is 2.75. The molecule has 8 heteroatoms. The van der Waals surface area contributed by atoms with Gasteiger partial charge in [0, 0.05) is 23.8 Å². The number of ether oxygens (including phenoxy) is 1. The van der Waals surface area contributed by atoms with Gasteiger partial charge in [-0.3, -0.25) is 4.79 Å². The fraction of sp³-hybridized carbons (Fsp3) is 0.435. The molecule has 1 amide bonds. The third-order valence-corrected chi connectivity index (χ3v) is 7.96. The van der Waals surface area contributed by atoms with Crippen LogP contribution in [0.5, 0.6) is 5.75 Å². The number of aryl methyl sites for hydroxylation is 1. The maximum Gasteiger partial charge on any atom is 0.246 e. The van der Waals surface area contributed by atoms with Gasteiger partial charge in [-0.1, -0.05) is 37.6 Å². The number of amides is 1. The summed E-state index contributed by atoms with van der Waals surface area (Å²) in [6.07, 6.45) is 1.23. The molecule has 0 saturated carbocycles. The number of rotatable bonds is 6. The molecule has 1 aliphatic heterocycles. The molecule has 2 aromatic rings. The number of anilines is 1. The number of carbonyl (C=O) groups is 1. The predicted octanol–water partition coefficient (Wildman–Crippen LogP) is 4.82. The highest BCUT2D eigenvalue weighted by molar-refractivity contribution is 7.89. The molecule has 1 fully saturated rings. The van der Waals surface area contributed by atoms with Crippen LogP contribution >= 0.6 is 11.6 Å². The van der Waals surface area contributed by atoms with Crippen LogP contribution in [0.1, 0.15) is 43.7 Å². The lowest BCUT2D eigenvalue weighted by Gasteiger charge is -2.31. The van der Waals surface area contributed by atoms with Crippen LogP contribution < -0.4 is 10.1 Å². The summed E-state index contributed by atoms with van der Waals surface area (Å²) in [4.78, 5) is 13.0. The molecule has 0 aromatic heterocycles. The highest BCUT2D eigenvalue weighted by Gasteiger charge is 2.35. The van der Waals surface area contributed by atoms with Crippen molar-refractivity contribution in [3.05, 3.63) is 52.5 Å². The summed E-state index contributed by atoms with van der Waals surface area (Å²) >= 11 is 6.15. The zero-order chi connectivity index (χ0) is 22.8. The number of sulfonamides is 1. The first-order chi connectivity index (χ1) is 14.6. The molecule has 2 aromatic carbocycles. The van der Waals surface area contributed by atoms with E-state index in [4.69, 9.17) is 16.3 Å². The van der Waals surface area contributed by atoms with Crippen LogP contribution in [-0.2, 0) is 14.8 Å². The van der Waals surface area contributed by atoms with Crippen molar-refractivity contribution in [3.8, 4) is 5.75 Å². The van der Waals surface area contributed by atoms with Crippen LogP contribution in [0, 0.1) is 12.8 Å². The Balaban J connectivity index is 1.81. The van der Waals surface area contributed by atoms with E-state index in [0.717, 1.165) is 11.1 Å². The largest absolute Gasteiger partial charge is 0.495 e. The summed E-state index contributed by atoms with van der Waals surface area (Å²) in [5, 5.41) is 3.44. The number of nitrogens with one attached hydrogen (secondary N) is 1. The maximum atomic E-state index is 13.4. The summed E-state index contributed by atoms with van der Waals surface area (Å²) < 4.78 is 33.6. The van der Waals surface area contributed by atoms with Crippen molar-refractivity contribution in [2.45, 2.75) is 44.4 Å². The van der Waals surface area contributed by atoms with Gasteiger partial charge < -0.3 is 10.1 Å². The Morgan fingerprint density at radius 1 is 1.23 bits per heavy atom. The summed E-state index contributed by atoms with van der Waals surface area (Å²) in [7, 11) is -2.34. The summed E-state index contributed by atoms with van der Waals surface area (Å²) in [5.41, 5.74) is 2.45. The van der Waals surface area contributed by atoms with Crippen molar-refractivity contribution in [1.82, 2.24) is 4.31 Å². The molecular weight excluding hydrogens is 436 g/mol. The van der Waals surface area contributed by atoms with Gasteiger partial charge in [-0.2, -0.15) is 4.31 Å². The van der Waals surface area contributed by atoms with Crippen LogP contribution in [0.15, 0.2) is 41.3 Å². The number of piperidine rings is 1. The van der Waals surface area contributed by atoms with Crippen LogP contribution in [-0.4, -0.2) is 38.8 Å². The Bertz CT molecular complexity index is 1070. The molecule has 1 saturated heterocycles. The van der Waals surface area contributed by atoms with Crippen molar-refractivity contribution in [1.29, 1.82) is 0 Å². The molecule has 0 unspecified atom stereocenters. The lowest BCUT2D eigenvalue weighted by Crippen LogP contribution is -2.43. The molecule has 0 spiro atoms. The van der Waals surface area contributed by atoms with Gasteiger partial charge in [0.05, 0.1) is 13.0 Å². The Hall–Kier alpha value is -2.09. The Morgan fingerprint density at radius 2 is 1.97 bits per heavy atom. The highest BCUT2D eigenvalue weighted by Crippen LogP contribution is 2.32. The van der Waals surface area contributed by atoms with Crippen molar-refractivity contribution in [2.75, 3.05) is 25.5 Å². The zero-order valence-corrected chi connectivity index (χ0v) is 19.9. The van der Waals surface area contributed by atoms with Crippen molar-refractivity contribution in [2.24, 2.45) is 5.92 Å². The minimum Gasteiger partial charge on any atom is -0.495 e.